The van der Waals surface area contributed by atoms with E-state index in [0.29, 0.717) is 6.04 Å². The van der Waals surface area contributed by atoms with E-state index >= 15 is 0 Å². The molecule has 0 spiro atoms. The molecular weight excluding hydrogens is 220 g/mol. The Morgan fingerprint density at radius 3 is 2.89 bits per heavy atom. The van der Waals surface area contributed by atoms with Crippen LogP contribution < -0.4 is 10.2 Å². The third kappa shape index (κ3) is 3.49. The molecule has 1 N–H and O–H groups in total. The molecule has 1 saturated heterocycles. The van der Waals surface area contributed by atoms with Gasteiger partial charge in [-0.15, -0.1) is 0 Å². The fourth-order valence-corrected chi connectivity index (χ4v) is 2.88. The summed E-state index contributed by atoms with van der Waals surface area (Å²) in [6.45, 7) is 10.2. The first-order valence-corrected chi connectivity index (χ1v) is 7.24. The summed E-state index contributed by atoms with van der Waals surface area (Å²) in [6, 6.07) is 9.52. The van der Waals surface area contributed by atoms with Crippen molar-refractivity contribution < 1.29 is 0 Å². The van der Waals surface area contributed by atoms with E-state index < -0.39 is 0 Å². The van der Waals surface area contributed by atoms with Crippen molar-refractivity contribution in [3.63, 3.8) is 0 Å². The molecule has 100 valence electrons. The molecular formula is C16H26N2. The monoisotopic (exact) mass is 246 g/mol. The van der Waals surface area contributed by atoms with Gasteiger partial charge in [-0.1, -0.05) is 26.0 Å². The summed E-state index contributed by atoms with van der Waals surface area (Å²) in [5.74, 6) is 0.772. The Morgan fingerprint density at radius 2 is 2.17 bits per heavy atom. The molecule has 1 heterocycles. The van der Waals surface area contributed by atoms with Crippen LogP contribution >= 0.6 is 0 Å². The van der Waals surface area contributed by atoms with Gasteiger partial charge in [0.15, 0.2) is 0 Å². The summed E-state index contributed by atoms with van der Waals surface area (Å²) in [6.07, 6.45) is 2.53. The van der Waals surface area contributed by atoms with Gasteiger partial charge >= 0.3 is 0 Å². The summed E-state index contributed by atoms with van der Waals surface area (Å²) < 4.78 is 0. The number of nitrogens with one attached hydrogen (secondary N) is 1. The summed E-state index contributed by atoms with van der Waals surface area (Å²) in [5.41, 5.74) is 2.73. The molecule has 1 fully saturated rings. The van der Waals surface area contributed by atoms with Crippen molar-refractivity contribution in [1.29, 1.82) is 0 Å². The second-order valence-corrected chi connectivity index (χ2v) is 5.74. The van der Waals surface area contributed by atoms with Crippen molar-refractivity contribution in [3.8, 4) is 0 Å². The van der Waals surface area contributed by atoms with Crippen molar-refractivity contribution in [2.24, 2.45) is 5.92 Å². The van der Waals surface area contributed by atoms with E-state index in [2.05, 4.69) is 55.3 Å². The summed E-state index contributed by atoms with van der Waals surface area (Å²) >= 11 is 0. The van der Waals surface area contributed by atoms with Crippen molar-refractivity contribution >= 4 is 5.69 Å². The van der Waals surface area contributed by atoms with Gasteiger partial charge in [0.25, 0.3) is 0 Å². The van der Waals surface area contributed by atoms with Crippen LogP contribution in [-0.4, -0.2) is 25.7 Å². The summed E-state index contributed by atoms with van der Waals surface area (Å²) in [4.78, 5) is 2.54. The molecule has 2 unspecified atom stereocenters. The molecule has 0 aliphatic carbocycles. The van der Waals surface area contributed by atoms with Crippen molar-refractivity contribution in [1.82, 2.24) is 5.32 Å². The van der Waals surface area contributed by atoms with Gasteiger partial charge in [-0.2, -0.15) is 0 Å². The number of hydrogen-bond acceptors (Lipinski definition) is 2. The third-order valence-electron chi connectivity index (χ3n) is 3.71. The van der Waals surface area contributed by atoms with Gasteiger partial charge in [-0.05, 0) is 49.9 Å². The number of benzene rings is 1. The SMILES string of the molecule is CCCNC1CC(C)CN(c2cccc(C)c2)C1. The van der Waals surface area contributed by atoms with E-state index in [1.165, 1.54) is 30.6 Å². The number of hydrogen-bond donors (Lipinski definition) is 1. The number of anilines is 1. The normalized spacial score (nSPS) is 24.3. The molecule has 2 atom stereocenters. The molecule has 0 saturated carbocycles. The highest BCUT2D eigenvalue weighted by Crippen LogP contribution is 2.23. The van der Waals surface area contributed by atoms with Crippen LogP contribution in [0, 0.1) is 12.8 Å². The second-order valence-electron chi connectivity index (χ2n) is 5.74. The lowest BCUT2D eigenvalue weighted by Crippen LogP contribution is -2.49. The minimum Gasteiger partial charge on any atom is -0.370 e. The van der Waals surface area contributed by atoms with Crippen LogP contribution in [0.4, 0.5) is 5.69 Å². The largest absolute Gasteiger partial charge is 0.370 e. The first-order valence-electron chi connectivity index (χ1n) is 7.24. The highest BCUT2D eigenvalue weighted by Gasteiger charge is 2.24. The van der Waals surface area contributed by atoms with E-state index in [1.54, 1.807) is 0 Å². The summed E-state index contributed by atoms with van der Waals surface area (Å²) in [5, 5.41) is 3.67. The number of nitrogens with zero attached hydrogens (tertiary/aromatic N) is 1. The third-order valence-corrected chi connectivity index (χ3v) is 3.71. The van der Waals surface area contributed by atoms with E-state index in [1.807, 2.05) is 0 Å². The second kappa shape index (κ2) is 6.24. The highest BCUT2D eigenvalue weighted by atomic mass is 15.2. The van der Waals surface area contributed by atoms with Crippen LogP contribution in [0.1, 0.15) is 32.3 Å². The lowest BCUT2D eigenvalue weighted by atomic mass is 9.95. The van der Waals surface area contributed by atoms with E-state index in [9.17, 15) is 0 Å². The molecule has 1 aromatic rings. The maximum Gasteiger partial charge on any atom is 0.0369 e. The predicted molar refractivity (Wildman–Crippen MR) is 79.3 cm³/mol. The molecule has 2 heteroatoms. The standard InChI is InChI=1S/C16H26N2/c1-4-8-17-15-9-14(3)11-18(12-15)16-7-5-6-13(2)10-16/h5-7,10,14-15,17H,4,8-9,11-12H2,1-3H3. The van der Waals surface area contributed by atoms with Crippen LogP contribution in [0.2, 0.25) is 0 Å². The zero-order valence-corrected chi connectivity index (χ0v) is 11.9. The van der Waals surface area contributed by atoms with Crippen LogP contribution in [0.3, 0.4) is 0 Å². The number of piperidine rings is 1. The Bertz CT molecular complexity index is 375. The van der Waals surface area contributed by atoms with Crippen LogP contribution in [0.15, 0.2) is 24.3 Å². The van der Waals surface area contributed by atoms with Gasteiger partial charge in [0.05, 0.1) is 0 Å². The van der Waals surface area contributed by atoms with E-state index in [0.717, 1.165) is 19.0 Å². The van der Waals surface area contributed by atoms with Crippen LogP contribution in [0.25, 0.3) is 0 Å². The minimum atomic E-state index is 0.647. The molecule has 0 bridgehead atoms. The van der Waals surface area contributed by atoms with Crippen LogP contribution in [0.5, 0.6) is 0 Å². The fraction of sp³-hybridized carbons (Fsp3) is 0.625. The lowest BCUT2D eigenvalue weighted by molar-refractivity contribution is 0.351. The molecule has 0 aromatic heterocycles. The van der Waals surface area contributed by atoms with E-state index in [-0.39, 0.29) is 0 Å². The van der Waals surface area contributed by atoms with Gasteiger partial charge in [0.1, 0.15) is 0 Å². The molecule has 1 aromatic carbocycles. The fourth-order valence-electron chi connectivity index (χ4n) is 2.88. The first-order chi connectivity index (χ1) is 8.69. The highest BCUT2D eigenvalue weighted by molar-refractivity contribution is 5.49. The molecule has 18 heavy (non-hydrogen) atoms. The predicted octanol–water partition coefficient (Wildman–Crippen LogP) is 3.21. The molecule has 1 aliphatic heterocycles. The Kier molecular flexibility index (Phi) is 4.65. The van der Waals surface area contributed by atoms with Crippen LogP contribution in [-0.2, 0) is 0 Å². The maximum atomic E-state index is 3.67. The first kappa shape index (κ1) is 13.4. The Hall–Kier alpha value is -1.02. The number of aryl methyl sites for hydroxylation is 1. The lowest BCUT2D eigenvalue weighted by Gasteiger charge is -2.38. The molecule has 0 radical (unpaired) electrons. The van der Waals surface area contributed by atoms with Gasteiger partial charge in [0, 0.05) is 24.8 Å². The zero-order valence-electron chi connectivity index (χ0n) is 11.9. The quantitative estimate of drug-likeness (QED) is 0.877. The van der Waals surface area contributed by atoms with Gasteiger partial charge in [-0.3, -0.25) is 0 Å². The van der Waals surface area contributed by atoms with Crippen molar-refractivity contribution in [2.45, 2.75) is 39.7 Å². The minimum absolute atomic E-state index is 0.647. The molecule has 0 amide bonds. The van der Waals surface area contributed by atoms with Gasteiger partial charge in [0.2, 0.25) is 0 Å². The maximum absolute atomic E-state index is 3.67. The molecule has 1 aliphatic rings. The zero-order chi connectivity index (χ0) is 13.0. The van der Waals surface area contributed by atoms with Crippen molar-refractivity contribution in [3.05, 3.63) is 29.8 Å². The van der Waals surface area contributed by atoms with Gasteiger partial charge in [-0.25, -0.2) is 0 Å². The Balaban J connectivity index is 2.03. The van der Waals surface area contributed by atoms with Gasteiger partial charge < -0.3 is 10.2 Å². The summed E-state index contributed by atoms with van der Waals surface area (Å²) in [7, 11) is 0. The average molecular weight is 246 g/mol. The molecule has 2 nitrogen and oxygen atoms in total. The Morgan fingerprint density at radius 1 is 1.33 bits per heavy atom. The molecule has 2 rings (SSSR count). The van der Waals surface area contributed by atoms with E-state index in [4.69, 9.17) is 0 Å². The topological polar surface area (TPSA) is 15.3 Å². The van der Waals surface area contributed by atoms with Crippen molar-refractivity contribution in [2.75, 3.05) is 24.5 Å². The smallest absolute Gasteiger partial charge is 0.0369 e. The number of rotatable bonds is 4. The average Bonchev–Trinajstić information content (AvgIpc) is 2.36. The Labute approximate surface area is 111 Å².